The van der Waals surface area contributed by atoms with Crippen molar-refractivity contribution in [2.45, 2.75) is 4.90 Å². The lowest BCUT2D eigenvalue weighted by atomic mass is 9.82. The van der Waals surface area contributed by atoms with Crippen molar-refractivity contribution in [2.75, 3.05) is 31.6 Å². The lowest BCUT2D eigenvalue weighted by molar-refractivity contribution is 0.0204. The van der Waals surface area contributed by atoms with Crippen molar-refractivity contribution in [1.82, 2.24) is 4.31 Å². The molecule has 0 radical (unpaired) electrons. The summed E-state index contributed by atoms with van der Waals surface area (Å²) in [6.45, 7) is 0.140. The number of rotatable bonds is 6. The monoisotopic (exact) mass is 443 g/mol. The standard InChI is InChI=1S/C18H16Cl2FN3O3S/c19-13-2-4-17(15(20)5-13)28(26,27)24-9-18(10-24,11-25)8-23-14-3-1-12(7-22)16(21)6-14/h1-6,23,25H,8-11H2. The molecule has 0 bridgehead atoms. The van der Waals surface area contributed by atoms with Crippen LogP contribution in [0.2, 0.25) is 10.0 Å². The average molecular weight is 444 g/mol. The maximum Gasteiger partial charge on any atom is 0.244 e. The van der Waals surface area contributed by atoms with Gasteiger partial charge >= 0.3 is 0 Å². The molecular formula is C18H16Cl2FN3O3S. The van der Waals surface area contributed by atoms with Crippen LogP contribution in [0.25, 0.3) is 0 Å². The van der Waals surface area contributed by atoms with Crippen LogP contribution in [0, 0.1) is 22.6 Å². The number of hydrogen-bond acceptors (Lipinski definition) is 5. The van der Waals surface area contributed by atoms with Crippen LogP contribution in [0.15, 0.2) is 41.3 Å². The summed E-state index contributed by atoms with van der Waals surface area (Å²) in [4.78, 5) is -0.0489. The molecule has 0 aliphatic carbocycles. The normalized spacial score (nSPS) is 16.2. The second-order valence-corrected chi connectivity index (χ2v) is 9.42. The van der Waals surface area contributed by atoms with Gasteiger partial charge in [0, 0.05) is 35.8 Å². The molecule has 28 heavy (non-hydrogen) atoms. The topological polar surface area (TPSA) is 93.4 Å². The van der Waals surface area contributed by atoms with Crippen LogP contribution in [-0.4, -0.2) is 44.1 Å². The smallest absolute Gasteiger partial charge is 0.244 e. The summed E-state index contributed by atoms with van der Waals surface area (Å²) in [5.41, 5.74) is -0.342. The highest BCUT2D eigenvalue weighted by Crippen LogP contribution is 2.37. The number of aliphatic hydroxyl groups is 1. The van der Waals surface area contributed by atoms with Crippen molar-refractivity contribution in [3.63, 3.8) is 0 Å². The molecule has 1 saturated heterocycles. The fraction of sp³-hybridized carbons (Fsp3) is 0.278. The molecule has 0 unspecified atom stereocenters. The molecule has 1 aliphatic heterocycles. The predicted molar refractivity (Wildman–Crippen MR) is 104 cm³/mol. The minimum Gasteiger partial charge on any atom is -0.396 e. The van der Waals surface area contributed by atoms with Crippen LogP contribution >= 0.6 is 23.2 Å². The zero-order chi connectivity index (χ0) is 20.5. The molecule has 0 atom stereocenters. The molecule has 2 aromatic carbocycles. The van der Waals surface area contributed by atoms with Crippen molar-refractivity contribution < 1.29 is 17.9 Å². The molecule has 1 fully saturated rings. The van der Waals surface area contributed by atoms with Crippen LogP contribution in [-0.2, 0) is 10.0 Å². The van der Waals surface area contributed by atoms with Gasteiger partial charge in [-0.25, -0.2) is 12.8 Å². The van der Waals surface area contributed by atoms with Gasteiger partial charge in [0.25, 0.3) is 0 Å². The second-order valence-electron chi connectivity index (χ2n) is 6.67. The Morgan fingerprint density at radius 1 is 1.25 bits per heavy atom. The molecule has 1 heterocycles. The first-order valence-corrected chi connectivity index (χ1v) is 10.4. The van der Waals surface area contributed by atoms with Crippen molar-refractivity contribution >= 4 is 38.9 Å². The summed E-state index contributed by atoms with van der Waals surface area (Å²) in [6, 6.07) is 9.97. The Morgan fingerprint density at radius 3 is 2.54 bits per heavy atom. The first-order valence-electron chi connectivity index (χ1n) is 8.20. The maximum atomic E-state index is 13.7. The highest BCUT2D eigenvalue weighted by molar-refractivity contribution is 7.89. The highest BCUT2D eigenvalue weighted by atomic mass is 35.5. The molecular weight excluding hydrogens is 428 g/mol. The van der Waals surface area contributed by atoms with E-state index in [0.29, 0.717) is 10.7 Å². The number of nitrogens with zero attached hydrogens (tertiary/aromatic N) is 2. The fourth-order valence-corrected chi connectivity index (χ4v) is 5.38. The predicted octanol–water partition coefficient (Wildman–Crippen LogP) is 3.10. The lowest BCUT2D eigenvalue weighted by Crippen LogP contribution is -2.62. The molecule has 1 aliphatic rings. The van der Waals surface area contributed by atoms with E-state index in [2.05, 4.69) is 5.32 Å². The highest BCUT2D eigenvalue weighted by Gasteiger charge is 2.48. The number of halogens is 3. The number of nitrogens with one attached hydrogen (secondary N) is 1. The molecule has 2 N–H and O–H groups in total. The van der Waals surface area contributed by atoms with Crippen LogP contribution in [0.5, 0.6) is 0 Å². The zero-order valence-electron chi connectivity index (χ0n) is 14.5. The SMILES string of the molecule is N#Cc1ccc(NCC2(CO)CN(S(=O)(=O)c3ccc(Cl)cc3Cl)C2)cc1F. The number of sulfonamides is 1. The van der Waals surface area contributed by atoms with Crippen molar-refractivity contribution in [2.24, 2.45) is 5.41 Å². The Balaban J connectivity index is 1.69. The van der Waals surface area contributed by atoms with Gasteiger partial charge in [-0.3, -0.25) is 0 Å². The average Bonchev–Trinajstić information content (AvgIpc) is 2.60. The quantitative estimate of drug-likeness (QED) is 0.715. The first kappa shape index (κ1) is 20.8. The number of nitriles is 1. The van der Waals surface area contributed by atoms with E-state index in [0.717, 1.165) is 0 Å². The molecule has 148 valence electrons. The Bertz CT molecular complexity index is 1050. The van der Waals surface area contributed by atoms with Gasteiger partial charge in [0.15, 0.2) is 0 Å². The Hall–Kier alpha value is -1.89. The van der Waals surface area contributed by atoms with E-state index in [1.165, 1.54) is 34.6 Å². The number of aliphatic hydroxyl groups excluding tert-OH is 1. The second kappa shape index (κ2) is 7.85. The summed E-state index contributed by atoms with van der Waals surface area (Å²) in [5, 5.41) is 21.9. The molecule has 0 aromatic heterocycles. The molecule has 10 heteroatoms. The summed E-state index contributed by atoms with van der Waals surface area (Å²) in [7, 11) is -3.82. The largest absolute Gasteiger partial charge is 0.396 e. The van der Waals surface area contributed by atoms with Crippen LogP contribution in [0.1, 0.15) is 5.56 Å². The van der Waals surface area contributed by atoms with E-state index in [-0.39, 0.29) is 41.7 Å². The number of hydrogen-bond donors (Lipinski definition) is 2. The van der Waals surface area contributed by atoms with Gasteiger partial charge in [0.2, 0.25) is 10.0 Å². The summed E-state index contributed by atoms with van der Waals surface area (Å²) < 4.78 is 40.4. The first-order chi connectivity index (χ1) is 13.2. The van der Waals surface area contributed by atoms with Gasteiger partial charge < -0.3 is 10.4 Å². The number of anilines is 1. The molecule has 3 rings (SSSR count). The van der Waals surface area contributed by atoms with Crippen LogP contribution in [0.4, 0.5) is 10.1 Å². The fourth-order valence-electron chi connectivity index (χ4n) is 2.97. The Morgan fingerprint density at radius 2 is 1.96 bits per heavy atom. The minimum atomic E-state index is -3.82. The molecule has 0 saturated carbocycles. The van der Waals surface area contributed by atoms with E-state index in [4.69, 9.17) is 28.5 Å². The molecule has 2 aromatic rings. The van der Waals surface area contributed by atoms with Gasteiger partial charge in [-0.2, -0.15) is 9.57 Å². The summed E-state index contributed by atoms with van der Waals surface area (Å²) in [5.74, 6) is -0.652. The third-order valence-electron chi connectivity index (χ3n) is 4.63. The molecule has 0 spiro atoms. The maximum absolute atomic E-state index is 13.7. The minimum absolute atomic E-state index is 0.0279. The molecule has 0 amide bonds. The van der Waals surface area contributed by atoms with Crippen LogP contribution < -0.4 is 5.32 Å². The van der Waals surface area contributed by atoms with E-state index < -0.39 is 21.3 Å². The van der Waals surface area contributed by atoms with Gasteiger partial charge in [0.05, 0.1) is 17.2 Å². The Kier molecular flexibility index (Phi) is 5.84. The van der Waals surface area contributed by atoms with E-state index in [9.17, 15) is 17.9 Å². The summed E-state index contributed by atoms with van der Waals surface area (Å²) >= 11 is 11.8. The van der Waals surface area contributed by atoms with Crippen molar-refractivity contribution in [3.8, 4) is 6.07 Å². The van der Waals surface area contributed by atoms with E-state index in [1.807, 2.05) is 0 Å². The van der Waals surface area contributed by atoms with Crippen molar-refractivity contribution in [1.29, 1.82) is 5.26 Å². The lowest BCUT2D eigenvalue weighted by Gasteiger charge is -2.48. The third kappa shape index (κ3) is 3.95. The van der Waals surface area contributed by atoms with E-state index >= 15 is 0 Å². The van der Waals surface area contributed by atoms with Gasteiger partial charge in [-0.05, 0) is 36.4 Å². The summed E-state index contributed by atoms with van der Waals surface area (Å²) in [6.07, 6.45) is 0. The molecule has 6 nitrogen and oxygen atoms in total. The zero-order valence-corrected chi connectivity index (χ0v) is 16.8. The Labute approximate surface area is 172 Å². The van der Waals surface area contributed by atoms with Crippen LogP contribution in [0.3, 0.4) is 0 Å². The van der Waals surface area contributed by atoms with Gasteiger partial charge in [-0.1, -0.05) is 23.2 Å². The van der Waals surface area contributed by atoms with Gasteiger partial charge in [-0.15, -0.1) is 0 Å². The van der Waals surface area contributed by atoms with Crippen molar-refractivity contribution in [3.05, 3.63) is 57.8 Å². The number of benzene rings is 2. The van der Waals surface area contributed by atoms with E-state index in [1.54, 1.807) is 12.1 Å². The third-order valence-corrected chi connectivity index (χ3v) is 7.14. The van der Waals surface area contributed by atoms with Gasteiger partial charge in [0.1, 0.15) is 16.8 Å².